The summed E-state index contributed by atoms with van der Waals surface area (Å²) in [5.41, 5.74) is -1.26. The lowest BCUT2D eigenvalue weighted by molar-refractivity contribution is 0.0653. The SMILES string of the molecule is C=CCN(CCOCCC)C(=O)c1c(OC)c(=O)c(C(=O)NCc2ccc(F)c(Cl)c2F)cn1C. The first-order valence-corrected chi connectivity index (χ1v) is 11.2. The highest BCUT2D eigenvalue weighted by Crippen LogP contribution is 2.22. The number of pyridine rings is 1. The standard InChI is InChI=1S/C24H28ClF2N3O5/c1-5-9-30(10-12-35-11-6-2)24(33)20-22(34-4)21(31)16(14-29(20)3)23(32)28-13-15-7-8-17(26)18(25)19(15)27/h5,7-8,14H,1,6,9-13H2,2-4H3,(H,28,32). The Kier molecular flexibility index (Phi) is 10.4. The summed E-state index contributed by atoms with van der Waals surface area (Å²) in [5, 5.41) is 1.71. The first-order chi connectivity index (χ1) is 16.7. The number of aryl methyl sites for hydroxylation is 1. The fourth-order valence-electron chi connectivity index (χ4n) is 3.28. The Bertz CT molecular complexity index is 1150. The van der Waals surface area contributed by atoms with Crippen LogP contribution in [0.25, 0.3) is 0 Å². The monoisotopic (exact) mass is 511 g/mol. The van der Waals surface area contributed by atoms with Crippen LogP contribution in [0.3, 0.4) is 0 Å². The lowest BCUT2D eigenvalue weighted by Crippen LogP contribution is -2.38. The van der Waals surface area contributed by atoms with E-state index in [2.05, 4.69) is 11.9 Å². The van der Waals surface area contributed by atoms with E-state index in [1.54, 1.807) is 6.08 Å². The summed E-state index contributed by atoms with van der Waals surface area (Å²) in [7, 11) is 2.71. The molecule has 0 aliphatic carbocycles. The number of methoxy groups -OCH3 is 1. The molecular formula is C24H28ClF2N3O5. The van der Waals surface area contributed by atoms with Crippen LogP contribution in [0.5, 0.6) is 5.75 Å². The van der Waals surface area contributed by atoms with Crippen molar-refractivity contribution < 1.29 is 27.8 Å². The molecule has 11 heteroatoms. The lowest BCUT2D eigenvalue weighted by atomic mass is 10.1. The van der Waals surface area contributed by atoms with Gasteiger partial charge < -0.3 is 24.3 Å². The van der Waals surface area contributed by atoms with Crippen molar-refractivity contribution in [3.8, 4) is 5.75 Å². The van der Waals surface area contributed by atoms with Crippen LogP contribution in [-0.4, -0.2) is 54.7 Å². The number of hydrogen-bond donors (Lipinski definition) is 1. The largest absolute Gasteiger partial charge is 0.491 e. The van der Waals surface area contributed by atoms with Crippen molar-refractivity contribution in [3.05, 3.63) is 74.7 Å². The molecule has 1 aromatic heterocycles. The molecule has 0 saturated heterocycles. The van der Waals surface area contributed by atoms with Gasteiger partial charge in [0.25, 0.3) is 11.8 Å². The third-order valence-electron chi connectivity index (χ3n) is 5.04. The minimum atomic E-state index is -1.01. The van der Waals surface area contributed by atoms with E-state index in [9.17, 15) is 23.2 Å². The van der Waals surface area contributed by atoms with Gasteiger partial charge in [-0.05, 0) is 12.5 Å². The Balaban J connectivity index is 2.32. The molecular weight excluding hydrogens is 484 g/mol. The summed E-state index contributed by atoms with van der Waals surface area (Å²) in [6, 6.07) is 2.10. The Labute approximate surface area is 207 Å². The van der Waals surface area contributed by atoms with E-state index in [0.29, 0.717) is 13.2 Å². The molecule has 1 heterocycles. The van der Waals surface area contributed by atoms with Crippen molar-refractivity contribution in [2.75, 3.05) is 33.4 Å². The molecule has 0 aliphatic heterocycles. The van der Waals surface area contributed by atoms with Crippen LogP contribution in [0.1, 0.15) is 39.8 Å². The van der Waals surface area contributed by atoms with Gasteiger partial charge in [0.15, 0.2) is 11.4 Å². The van der Waals surface area contributed by atoms with E-state index in [4.69, 9.17) is 21.1 Å². The molecule has 0 fully saturated rings. The zero-order valence-electron chi connectivity index (χ0n) is 19.8. The molecule has 190 valence electrons. The van der Waals surface area contributed by atoms with Crippen molar-refractivity contribution in [2.45, 2.75) is 19.9 Å². The molecule has 35 heavy (non-hydrogen) atoms. The number of nitrogens with one attached hydrogen (secondary N) is 1. The van der Waals surface area contributed by atoms with E-state index >= 15 is 0 Å². The highest BCUT2D eigenvalue weighted by molar-refractivity contribution is 6.30. The summed E-state index contributed by atoms with van der Waals surface area (Å²) in [6.45, 7) is 6.60. The third-order valence-corrected chi connectivity index (χ3v) is 5.38. The van der Waals surface area contributed by atoms with Crippen LogP contribution in [0.4, 0.5) is 8.78 Å². The topological polar surface area (TPSA) is 89.9 Å². The van der Waals surface area contributed by atoms with E-state index in [0.717, 1.165) is 18.6 Å². The van der Waals surface area contributed by atoms with Crippen molar-refractivity contribution in [1.82, 2.24) is 14.8 Å². The van der Waals surface area contributed by atoms with Gasteiger partial charge in [-0.1, -0.05) is 30.7 Å². The number of carbonyl (C=O) groups is 2. The van der Waals surface area contributed by atoms with Gasteiger partial charge in [0, 0.05) is 45.0 Å². The average Bonchev–Trinajstić information content (AvgIpc) is 2.84. The van der Waals surface area contributed by atoms with E-state index < -0.39 is 33.9 Å². The first kappa shape index (κ1) is 28.0. The summed E-state index contributed by atoms with van der Waals surface area (Å²) < 4.78 is 39.5. The number of amides is 2. The van der Waals surface area contributed by atoms with E-state index in [1.807, 2.05) is 6.92 Å². The molecule has 8 nitrogen and oxygen atoms in total. The van der Waals surface area contributed by atoms with Crippen LogP contribution >= 0.6 is 11.6 Å². The van der Waals surface area contributed by atoms with Crippen molar-refractivity contribution >= 4 is 23.4 Å². The summed E-state index contributed by atoms with van der Waals surface area (Å²) in [5.74, 6) is -3.59. The molecule has 2 aromatic rings. The number of rotatable bonds is 12. The second-order valence-corrected chi connectivity index (χ2v) is 7.91. The smallest absolute Gasteiger partial charge is 0.274 e. The van der Waals surface area contributed by atoms with Crippen molar-refractivity contribution in [3.63, 3.8) is 0 Å². The maximum atomic E-state index is 14.1. The highest BCUT2D eigenvalue weighted by Gasteiger charge is 2.27. The predicted molar refractivity (Wildman–Crippen MR) is 128 cm³/mol. The second-order valence-electron chi connectivity index (χ2n) is 7.53. The molecule has 0 atom stereocenters. The normalized spacial score (nSPS) is 10.7. The van der Waals surface area contributed by atoms with Crippen LogP contribution in [0.2, 0.25) is 5.02 Å². The molecule has 1 aromatic carbocycles. The number of carbonyl (C=O) groups excluding carboxylic acids is 2. The molecule has 1 N–H and O–H groups in total. The number of aromatic nitrogens is 1. The van der Waals surface area contributed by atoms with Crippen molar-refractivity contribution in [2.24, 2.45) is 7.05 Å². The van der Waals surface area contributed by atoms with Gasteiger partial charge >= 0.3 is 0 Å². The molecule has 0 aliphatic rings. The summed E-state index contributed by atoms with van der Waals surface area (Å²) >= 11 is 5.56. The number of ether oxygens (including phenoxy) is 2. The minimum Gasteiger partial charge on any atom is -0.491 e. The van der Waals surface area contributed by atoms with Crippen LogP contribution < -0.4 is 15.5 Å². The number of hydrogen-bond acceptors (Lipinski definition) is 5. The maximum Gasteiger partial charge on any atom is 0.274 e. The maximum absolute atomic E-state index is 14.1. The van der Waals surface area contributed by atoms with Crippen LogP contribution in [-0.2, 0) is 18.3 Å². The third kappa shape index (κ3) is 6.67. The van der Waals surface area contributed by atoms with E-state index in [-0.39, 0.29) is 42.2 Å². The van der Waals surface area contributed by atoms with Gasteiger partial charge in [0.2, 0.25) is 5.43 Å². The van der Waals surface area contributed by atoms with Crippen LogP contribution in [0, 0.1) is 11.6 Å². The minimum absolute atomic E-state index is 0.0530. The van der Waals surface area contributed by atoms with Gasteiger partial charge in [-0.2, -0.15) is 0 Å². The fraction of sp³-hybridized carbons (Fsp3) is 0.375. The van der Waals surface area contributed by atoms with Crippen LogP contribution in [0.15, 0.2) is 35.8 Å². The molecule has 0 unspecified atom stereocenters. The Hall–Kier alpha value is -3.24. The first-order valence-electron chi connectivity index (χ1n) is 10.8. The molecule has 0 spiro atoms. The zero-order chi connectivity index (χ0) is 26.1. The highest BCUT2D eigenvalue weighted by atomic mass is 35.5. The Morgan fingerprint density at radius 3 is 2.63 bits per heavy atom. The predicted octanol–water partition coefficient (Wildman–Crippen LogP) is 3.31. The Morgan fingerprint density at radius 2 is 2.00 bits per heavy atom. The van der Waals surface area contributed by atoms with Gasteiger partial charge in [-0.25, -0.2) is 8.78 Å². The van der Waals surface area contributed by atoms with Gasteiger partial charge in [-0.3, -0.25) is 14.4 Å². The molecule has 0 radical (unpaired) electrons. The number of nitrogens with zero attached hydrogens (tertiary/aromatic N) is 2. The average molecular weight is 512 g/mol. The fourth-order valence-corrected chi connectivity index (χ4v) is 3.47. The van der Waals surface area contributed by atoms with Gasteiger partial charge in [0.1, 0.15) is 22.2 Å². The lowest BCUT2D eigenvalue weighted by Gasteiger charge is -2.23. The van der Waals surface area contributed by atoms with Gasteiger partial charge in [-0.15, -0.1) is 6.58 Å². The number of benzene rings is 1. The molecule has 0 bridgehead atoms. The quantitative estimate of drug-likeness (QED) is 0.268. The number of halogens is 3. The Morgan fingerprint density at radius 1 is 1.29 bits per heavy atom. The van der Waals surface area contributed by atoms with Crippen molar-refractivity contribution in [1.29, 1.82) is 0 Å². The summed E-state index contributed by atoms with van der Waals surface area (Å²) in [4.78, 5) is 40.4. The zero-order valence-corrected chi connectivity index (χ0v) is 20.6. The second kappa shape index (κ2) is 13.0. The van der Waals surface area contributed by atoms with Gasteiger partial charge in [0.05, 0.1) is 13.7 Å². The molecule has 0 saturated carbocycles. The van der Waals surface area contributed by atoms with E-state index in [1.165, 1.54) is 29.8 Å². The molecule has 2 amide bonds. The summed E-state index contributed by atoms with van der Waals surface area (Å²) in [6.07, 6.45) is 3.58. The molecule has 2 rings (SSSR count).